The zero-order chi connectivity index (χ0) is 14.0. The molecule has 0 aromatic heterocycles. The van der Waals surface area contributed by atoms with Gasteiger partial charge in [0.2, 0.25) is 0 Å². The lowest BCUT2D eigenvalue weighted by Gasteiger charge is -2.19. The second-order valence-electron chi connectivity index (χ2n) is 4.88. The molecule has 104 valence electrons. The Hall–Kier alpha value is -1.75. The molecule has 2 unspecified atom stereocenters. The van der Waals surface area contributed by atoms with E-state index in [1.807, 2.05) is 30.1 Å². The molecule has 1 aromatic carbocycles. The van der Waals surface area contributed by atoms with Gasteiger partial charge in [-0.1, -0.05) is 0 Å². The van der Waals surface area contributed by atoms with Gasteiger partial charge in [0.1, 0.15) is 11.5 Å². The van der Waals surface area contributed by atoms with Crippen molar-refractivity contribution in [1.82, 2.24) is 4.90 Å². The molecule has 5 nitrogen and oxygen atoms in total. The molecular weight excluding hydrogens is 246 g/mol. The number of hydrogen-bond acceptors (Lipinski definition) is 4. The Morgan fingerprint density at radius 3 is 2.63 bits per heavy atom. The molecule has 1 aromatic rings. The summed E-state index contributed by atoms with van der Waals surface area (Å²) in [5, 5.41) is 9.35. The summed E-state index contributed by atoms with van der Waals surface area (Å²) in [5.41, 5.74) is 0.901. The Morgan fingerprint density at radius 1 is 1.32 bits per heavy atom. The van der Waals surface area contributed by atoms with E-state index >= 15 is 0 Å². The molecule has 1 aliphatic rings. The lowest BCUT2D eigenvalue weighted by atomic mass is 9.88. The maximum Gasteiger partial charge on any atom is 0.308 e. The van der Waals surface area contributed by atoms with E-state index in [-0.39, 0.29) is 5.92 Å². The van der Waals surface area contributed by atoms with Gasteiger partial charge in [-0.15, -0.1) is 0 Å². The molecule has 1 aliphatic heterocycles. The first-order valence-electron chi connectivity index (χ1n) is 6.20. The van der Waals surface area contributed by atoms with Crippen LogP contribution in [0.3, 0.4) is 0 Å². The van der Waals surface area contributed by atoms with Crippen LogP contribution in [0.15, 0.2) is 18.2 Å². The van der Waals surface area contributed by atoms with Gasteiger partial charge < -0.3 is 19.5 Å². The topological polar surface area (TPSA) is 59.0 Å². The fourth-order valence-corrected chi connectivity index (χ4v) is 2.70. The zero-order valence-electron chi connectivity index (χ0n) is 11.4. The number of hydrogen-bond donors (Lipinski definition) is 1. The van der Waals surface area contributed by atoms with Crippen molar-refractivity contribution in [2.75, 3.05) is 34.4 Å². The van der Waals surface area contributed by atoms with Gasteiger partial charge in [0, 0.05) is 24.6 Å². The Bertz CT molecular complexity index is 475. The molecule has 0 amide bonds. The molecule has 0 saturated carbocycles. The van der Waals surface area contributed by atoms with Crippen LogP contribution in [0.1, 0.15) is 11.5 Å². The maximum atomic E-state index is 11.4. The van der Waals surface area contributed by atoms with Crippen molar-refractivity contribution >= 4 is 5.97 Å². The van der Waals surface area contributed by atoms with E-state index < -0.39 is 11.9 Å². The highest BCUT2D eigenvalue weighted by Crippen LogP contribution is 2.38. The van der Waals surface area contributed by atoms with Gasteiger partial charge in [-0.05, 0) is 25.2 Å². The molecule has 1 fully saturated rings. The van der Waals surface area contributed by atoms with Gasteiger partial charge in [-0.2, -0.15) is 0 Å². The zero-order valence-corrected chi connectivity index (χ0v) is 11.4. The standard InChI is InChI=1S/C14H19NO4/c1-15-7-11(12(8-15)14(16)17)10-6-9(18-2)4-5-13(10)19-3/h4-6,11-12H,7-8H2,1-3H3,(H,16,17). The highest BCUT2D eigenvalue weighted by molar-refractivity contribution is 5.72. The van der Waals surface area contributed by atoms with Crippen LogP contribution < -0.4 is 9.47 Å². The summed E-state index contributed by atoms with van der Waals surface area (Å²) in [6, 6.07) is 5.51. The third-order valence-corrected chi connectivity index (χ3v) is 3.66. The number of carboxylic acids is 1. The van der Waals surface area contributed by atoms with Gasteiger partial charge in [0.15, 0.2) is 0 Å². The smallest absolute Gasteiger partial charge is 0.308 e. The quantitative estimate of drug-likeness (QED) is 0.892. The number of rotatable bonds is 4. The first-order chi connectivity index (χ1) is 9.06. The molecule has 19 heavy (non-hydrogen) atoms. The van der Waals surface area contributed by atoms with Gasteiger partial charge in [0.25, 0.3) is 0 Å². The summed E-state index contributed by atoms with van der Waals surface area (Å²) < 4.78 is 10.6. The lowest BCUT2D eigenvalue weighted by Crippen LogP contribution is -2.21. The summed E-state index contributed by atoms with van der Waals surface area (Å²) in [5.74, 6) is 0.180. The molecular formula is C14H19NO4. The second-order valence-corrected chi connectivity index (χ2v) is 4.88. The maximum absolute atomic E-state index is 11.4. The molecule has 1 saturated heterocycles. The summed E-state index contributed by atoms with van der Waals surface area (Å²) in [6.07, 6.45) is 0. The summed E-state index contributed by atoms with van der Waals surface area (Å²) in [4.78, 5) is 13.4. The third-order valence-electron chi connectivity index (χ3n) is 3.66. The molecule has 1 N–H and O–H groups in total. The molecule has 1 heterocycles. The predicted molar refractivity (Wildman–Crippen MR) is 70.9 cm³/mol. The number of ether oxygens (including phenoxy) is 2. The minimum absolute atomic E-state index is 0.0763. The van der Waals surface area contributed by atoms with E-state index in [0.717, 1.165) is 11.3 Å². The Kier molecular flexibility index (Phi) is 3.95. The highest BCUT2D eigenvalue weighted by atomic mass is 16.5. The van der Waals surface area contributed by atoms with Crippen molar-refractivity contribution in [3.8, 4) is 11.5 Å². The summed E-state index contributed by atoms with van der Waals surface area (Å²) in [6.45, 7) is 1.26. The lowest BCUT2D eigenvalue weighted by molar-refractivity contribution is -0.141. The normalized spacial score (nSPS) is 23.3. The number of likely N-dealkylation sites (N-methyl/N-ethyl adjacent to an activating group) is 1. The largest absolute Gasteiger partial charge is 0.497 e. The van der Waals surface area contributed by atoms with Gasteiger partial charge in [-0.25, -0.2) is 0 Å². The first kappa shape index (κ1) is 13.7. The molecule has 5 heteroatoms. The average Bonchev–Trinajstić information content (AvgIpc) is 2.80. The van der Waals surface area contributed by atoms with E-state index in [2.05, 4.69) is 0 Å². The van der Waals surface area contributed by atoms with Crippen LogP contribution in [0.2, 0.25) is 0 Å². The van der Waals surface area contributed by atoms with E-state index in [0.29, 0.717) is 18.8 Å². The van der Waals surface area contributed by atoms with Crippen molar-refractivity contribution in [1.29, 1.82) is 0 Å². The fraction of sp³-hybridized carbons (Fsp3) is 0.500. The van der Waals surface area contributed by atoms with Gasteiger partial charge >= 0.3 is 5.97 Å². The third kappa shape index (κ3) is 2.66. The first-order valence-corrected chi connectivity index (χ1v) is 6.20. The molecule has 2 atom stereocenters. The van der Waals surface area contributed by atoms with E-state index in [4.69, 9.17) is 9.47 Å². The summed E-state index contributed by atoms with van der Waals surface area (Å²) >= 11 is 0. The van der Waals surface area contributed by atoms with Crippen molar-refractivity contribution < 1.29 is 19.4 Å². The minimum atomic E-state index is -0.765. The molecule has 0 radical (unpaired) electrons. The van der Waals surface area contributed by atoms with Crippen molar-refractivity contribution in [3.63, 3.8) is 0 Å². The number of nitrogens with zero attached hydrogens (tertiary/aromatic N) is 1. The molecule has 0 spiro atoms. The van der Waals surface area contributed by atoms with E-state index in [1.165, 1.54) is 0 Å². The van der Waals surface area contributed by atoms with E-state index in [9.17, 15) is 9.90 Å². The van der Waals surface area contributed by atoms with Gasteiger partial charge in [-0.3, -0.25) is 4.79 Å². The Morgan fingerprint density at radius 2 is 2.05 bits per heavy atom. The fourth-order valence-electron chi connectivity index (χ4n) is 2.70. The second kappa shape index (κ2) is 5.48. The van der Waals surface area contributed by atoms with Crippen LogP contribution in [0.5, 0.6) is 11.5 Å². The van der Waals surface area contributed by atoms with Crippen LogP contribution in [0.4, 0.5) is 0 Å². The van der Waals surface area contributed by atoms with Crippen LogP contribution in [0, 0.1) is 5.92 Å². The van der Waals surface area contributed by atoms with Crippen molar-refractivity contribution in [3.05, 3.63) is 23.8 Å². The monoisotopic (exact) mass is 265 g/mol. The van der Waals surface area contributed by atoms with Gasteiger partial charge in [0.05, 0.1) is 20.1 Å². The van der Waals surface area contributed by atoms with Crippen LogP contribution in [0.25, 0.3) is 0 Å². The molecule has 0 bridgehead atoms. The van der Waals surface area contributed by atoms with Crippen LogP contribution >= 0.6 is 0 Å². The number of methoxy groups -OCH3 is 2. The molecule has 0 aliphatic carbocycles. The highest BCUT2D eigenvalue weighted by Gasteiger charge is 2.38. The predicted octanol–water partition coefficient (Wildman–Crippen LogP) is 1.43. The van der Waals surface area contributed by atoms with Crippen LogP contribution in [-0.2, 0) is 4.79 Å². The summed E-state index contributed by atoms with van der Waals surface area (Å²) in [7, 11) is 5.13. The van der Waals surface area contributed by atoms with E-state index in [1.54, 1.807) is 14.2 Å². The SMILES string of the molecule is COc1ccc(OC)c(C2CN(C)CC2C(=O)O)c1. The minimum Gasteiger partial charge on any atom is -0.497 e. The van der Waals surface area contributed by atoms with Crippen LogP contribution in [-0.4, -0.2) is 50.3 Å². The van der Waals surface area contributed by atoms with Crippen molar-refractivity contribution in [2.45, 2.75) is 5.92 Å². The number of carbonyl (C=O) groups is 1. The molecule has 2 rings (SSSR count). The number of benzene rings is 1. The van der Waals surface area contributed by atoms with Crippen molar-refractivity contribution in [2.24, 2.45) is 5.92 Å². The number of carboxylic acid groups (broad SMARTS) is 1. The number of aliphatic carboxylic acids is 1. The number of likely N-dealkylation sites (tertiary alicyclic amines) is 1. The average molecular weight is 265 g/mol. The Labute approximate surface area is 112 Å². The Balaban J connectivity index is 2.41.